The highest BCUT2D eigenvalue weighted by atomic mass is 32.2. The van der Waals surface area contributed by atoms with Gasteiger partial charge in [-0.1, -0.05) is 32.0 Å². The molecule has 0 aliphatic carbocycles. The van der Waals surface area contributed by atoms with Crippen LogP contribution in [0, 0.1) is 0 Å². The summed E-state index contributed by atoms with van der Waals surface area (Å²) in [4.78, 5) is 14.8. The van der Waals surface area contributed by atoms with Gasteiger partial charge in [-0.05, 0) is 42.7 Å². The Morgan fingerprint density at radius 1 is 1.03 bits per heavy atom. The van der Waals surface area contributed by atoms with Crippen molar-refractivity contribution in [2.24, 2.45) is 0 Å². The molecule has 29 heavy (non-hydrogen) atoms. The minimum absolute atomic E-state index is 0.0285. The summed E-state index contributed by atoms with van der Waals surface area (Å²) in [5.74, 6) is -0.0969. The molecular weight excluding hydrogens is 388 g/mol. The first-order valence-electron chi connectivity index (χ1n) is 9.79. The van der Waals surface area contributed by atoms with Gasteiger partial charge < -0.3 is 10.0 Å². The highest BCUT2D eigenvalue weighted by Gasteiger charge is 2.21. The van der Waals surface area contributed by atoms with Crippen LogP contribution in [0.15, 0.2) is 59.6 Å². The van der Waals surface area contributed by atoms with E-state index in [9.17, 15) is 18.3 Å². The number of fused-ring (bicyclic) bond motifs is 1. The van der Waals surface area contributed by atoms with Crippen LogP contribution in [0.5, 0.6) is 5.75 Å². The number of amides is 1. The Hall–Kier alpha value is -2.80. The molecule has 3 rings (SSSR count). The second kappa shape index (κ2) is 8.69. The molecule has 0 radical (unpaired) electrons. The molecule has 154 valence electrons. The minimum Gasteiger partial charge on any atom is -0.508 e. The first-order chi connectivity index (χ1) is 13.9. The van der Waals surface area contributed by atoms with Crippen molar-refractivity contribution in [3.63, 3.8) is 0 Å². The van der Waals surface area contributed by atoms with E-state index in [1.165, 1.54) is 30.5 Å². The largest absolute Gasteiger partial charge is 0.508 e. The van der Waals surface area contributed by atoms with Crippen LogP contribution >= 0.6 is 0 Å². The van der Waals surface area contributed by atoms with Crippen molar-refractivity contribution < 1.29 is 18.3 Å². The van der Waals surface area contributed by atoms with E-state index in [1.54, 1.807) is 24.3 Å². The van der Waals surface area contributed by atoms with Gasteiger partial charge in [-0.25, -0.2) is 12.4 Å². The van der Waals surface area contributed by atoms with Gasteiger partial charge >= 0.3 is 0 Å². The Morgan fingerprint density at radius 2 is 1.69 bits per heavy atom. The third kappa shape index (κ3) is 4.29. The van der Waals surface area contributed by atoms with Crippen molar-refractivity contribution in [2.45, 2.75) is 38.0 Å². The maximum absolute atomic E-state index is 13.0. The highest BCUT2D eigenvalue weighted by molar-refractivity contribution is 7.90. The fourth-order valence-electron chi connectivity index (χ4n) is 3.52. The lowest BCUT2D eigenvalue weighted by Crippen LogP contribution is -2.33. The molecule has 0 saturated carbocycles. The van der Waals surface area contributed by atoms with E-state index in [4.69, 9.17) is 0 Å². The number of phenolic OH excluding ortho intramolecular Hbond substituents is 1. The molecule has 7 heteroatoms. The summed E-state index contributed by atoms with van der Waals surface area (Å²) in [6.07, 6.45) is 3.32. The van der Waals surface area contributed by atoms with Crippen LogP contribution in [0.4, 0.5) is 0 Å². The molecule has 1 aromatic heterocycles. The molecule has 0 bridgehead atoms. The van der Waals surface area contributed by atoms with E-state index in [0.717, 1.165) is 16.8 Å². The third-order valence-corrected chi connectivity index (χ3v) is 6.53. The lowest BCUT2D eigenvalue weighted by atomic mass is 10.1. The monoisotopic (exact) mass is 414 g/mol. The van der Waals surface area contributed by atoms with Crippen molar-refractivity contribution in [2.75, 3.05) is 13.1 Å². The molecule has 3 aromatic rings. The summed E-state index contributed by atoms with van der Waals surface area (Å²) < 4.78 is 27.2. The zero-order chi connectivity index (χ0) is 21.0. The summed E-state index contributed by atoms with van der Waals surface area (Å²) >= 11 is 0. The van der Waals surface area contributed by atoms with Crippen LogP contribution < -0.4 is 0 Å². The van der Waals surface area contributed by atoms with Gasteiger partial charge in [0.25, 0.3) is 10.0 Å². The van der Waals surface area contributed by atoms with Gasteiger partial charge in [-0.2, -0.15) is 0 Å². The van der Waals surface area contributed by atoms with Crippen molar-refractivity contribution in [1.82, 2.24) is 8.87 Å². The summed E-state index contributed by atoms with van der Waals surface area (Å²) in [6, 6.07) is 12.8. The zero-order valence-corrected chi connectivity index (χ0v) is 17.5. The minimum atomic E-state index is -3.81. The van der Waals surface area contributed by atoms with E-state index in [2.05, 4.69) is 0 Å². The topological polar surface area (TPSA) is 79.6 Å². The number of nitrogens with zero attached hydrogens (tertiary/aromatic N) is 2. The molecule has 0 aliphatic rings. The normalized spacial score (nSPS) is 11.7. The standard InChI is InChI=1S/C22H26N2O4S/c1-3-11-23(12-4-2)22(26)15-17-14-18(25)16-21-20(17)10-13-24(21)29(27,28)19-8-6-5-7-9-19/h5-10,13-14,16,25H,3-4,11-12,15H2,1-2H3. The van der Waals surface area contributed by atoms with Gasteiger partial charge in [0.2, 0.25) is 5.91 Å². The van der Waals surface area contributed by atoms with Crippen LogP contribution in [0.2, 0.25) is 0 Å². The second-order valence-electron chi connectivity index (χ2n) is 7.02. The Morgan fingerprint density at radius 3 is 2.31 bits per heavy atom. The van der Waals surface area contributed by atoms with E-state index >= 15 is 0 Å². The van der Waals surface area contributed by atoms with Gasteiger partial charge in [-0.3, -0.25) is 4.79 Å². The summed E-state index contributed by atoms with van der Waals surface area (Å²) in [5, 5.41) is 10.9. The van der Waals surface area contributed by atoms with Crippen molar-refractivity contribution >= 4 is 26.8 Å². The summed E-state index contributed by atoms with van der Waals surface area (Å²) in [6.45, 7) is 5.41. The molecule has 2 aromatic carbocycles. The predicted molar refractivity (Wildman–Crippen MR) is 113 cm³/mol. The van der Waals surface area contributed by atoms with Crippen molar-refractivity contribution in [3.8, 4) is 5.75 Å². The number of hydrogen-bond acceptors (Lipinski definition) is 4. The second-order valence-corrected chi connectivity index (χ2v) is 8.84. The van der Waals surface area contributed by atoms with Crippen LogP contribution in [-0.2, 0) is 21.2 Å². The summed E-state index contributed by atoms with van der Waals surface area (Å²) in [5.41, 5.74) is 0.971. The molecule has 0 aliphatic heterocycles. The lowest BCUT2D eigenvalue weighted by molar-refractivity contribution is -0.130. The first-order valence-corrected chi connectivity index (χ1v) is 11.2. The fourth-order valence-corrected chi connectivity index (χ4v) is 4.87. The van der Waals surface area contributed by atoms with Gasteiger partial charge in [0.15, 0.2) is 0 Å². The molecule has 0 atom stereocenters. The molecule has 0 spiro atoms. The quantitative estimate of drug-likeness (QED) is 0.608. The molecule has 1 heterocycles. The number of aromatic nitrogens is 1. The predicted octanol–water partition coefficient (Wildman–Crippen LogP) is 3.78. The molecule has 0 fully saturated rings. The Labute approximate surface area is 171 Å². The number of carbonyl (C=O) groups excluding carboxylic acids is 1. The first kappa shape index (κ1) is 20.9. The SMILES string of the molecule is CCCN(CCC)C(=O)Cc1cc(O)cc2c1ccn2S(=O)(=O)c1ccccc1. The fraction of sp³-hybridized carbons (Fsp3) is 0.318. The number of carbonyl (C=O) groups is 1. The summed E-state index contributed by atoms with van der Waals surface area (Å²) in [7, 11) is -3.81. The van der Waals surface area contributed by atoms with Gasteiger partial charge in [-0.15, -0.1) is 0 Å². The van der Waals surface area contributed by atoms with E-state index in [1.807, 2.05) is 18.7 Å². The number of rotatable bonds is 8. The maximum atomic E-state index is 13.0. The van der Waals surface area contributed by atoms with Crippen LogP contribution in [-0.4, -0.2) is 41.4 Å². The smallest absolute Gasteiger partial charge is 0.268 e. The molecule has 1 N–H and O–H groups in total. The van der Waals surface area contributed by atoms with Crippen molar-refractivity contribution in [1.29, 1.82) is 0 Å². The van der Waals surface area contributed by atoms with E-state index in [-0.39, 0.29) is 23.0 Å². The number of aromatic hydroxyl groups is 1. The highest BCUT2D eigenvalue weighted by Crippen LogP contribution is 2.29. The Balaban J connectivity index is 2.03. The third-order valence-electron chi connectivity index (χ3n) is 4.82. The van der Waals surface area contributed by atoms with Crippen molar-refractivity contribution in [3.05, 3.63) is 60.3 Å². The Bertz CT molecular complexity index is 1100. The number of hydrogen-bond donors (Lipinski definition) is 1. The molecular formula is C22H26N2O4S. The lowest BCUT2D eigenvalue weighted by Gasteiger charge is -2.21. The van der Waals surface area contributed by atoms with E-state index in [0.29, 0.717) is 29.6 Å². The number of benzene rings is 2. The van der Waals surface area contributed by atoms with Gasteiger partial charge in [0.05, 0.1) is 16.8 Å². The molecule has 0 saturated heterocycles. The Kier molecular flexibility index (Phi) is 6.27. The van der Waals surface area contributed by atoms with Crippen LogP contribution in [0.3, 0.4) is 0 Å². The number of phenols is 1. The average Bonchev–Trinajstić information content (AvgIpc) is 3.13. The molecule has 0 unspecified atom stereocenters. The van der Waals surface area contributed by atoms with Crippen LogP contribution in [0.25, 0.3) is 10.9 Å². The average molecular weight is 415 g/mol. The van der Waals surface area contributed by atoms with Gasteiger partial charge in [0.1, 0.15) is 5.75 Å². The molecule has 6 nitrogen and oxygen atoms in total. The molecule has 1 amide bonds. The van der Waals surface area contributed by atoms with Crippen LogP contribution in [0.1, 0.15) is 32.3 Å². The van der Waals surface area contributed by atoms with E-state index < -0.39 is 10.0 Å². The zero-order valence-electron chi connectivity index (χ0n) is 16.7. The maximum Gasteiger partial charge on any atom is 0.268 e. The van der Waals surface area contributed by atoms with Gasteiger partial charge in [0, 0.05) is 30.7 Å².